The van der Waals surface area contributed by atoms with Crippen LogP contribution < -0.4 is 10.2 Å². The molecule has 1 N–H and O–H groups in total. The number of nitrogens with zero attached hydrogens (tertiary/aromatic N) is 1. The number of hydrogen-bond acceptors (Lipinski definition) is 2. The first-order valence-electron chi connectivity index (χ1n) is 7.91. The maximum absolute atomic E-state index is 13.9. The molecule has 3 heteroatoms. The molecule has 1 aromatic rings. The van der Waals surface area contributed by atoms with Gasteiger partial charge >= 0.3 is 0 Å². The molecular formula is C17H27FN2. The first-order valence-corrected chi connectivity index (χ1v) is 7.91. The molecule has 1 saturated carbocycles. The van der Waals surface area contributed by atoms with Crippen LogP contribution in [0.5, 0.6) is 0 Å². The van der Waals surface area contributed by atoms with Crippen molar-refractivity contribution in [1.82, 2.24) is 5.32 Å². The fourth-order valence-corrected chi connectivity index (χ4v) is 3.33. The highest BCUT2D eigenvalue weighted by Crippen LogP contribution is 2.28. The van der Waals surface area contributed by atoms with Crippen molar-refractivity contribution in [2.75, 3.05) is 25.0 Å². The zero-order chi connectivity index (χ0) is 14.4. The summed E-state index contributed by atoms with van der Waals surface area (Å²) in [7, 11) is 1.99. The molecule has 0 bridgehead atoms. The van der Waals surface area contributed by atoms with Gasteiger partial charge in [0.15, 0.2) is 0 Å². The van der Waals surface area contributed by atoms with Crippen LogP contribution in [0.15, 0.2) is 24.3 Å². The number of likely N-dealkylation sites (N-methyl/N-ethyl adjacent to an activating group) is 2. The molecule has 0 spiro atoms. The minimum absolute atomic E-state index is 0.131. The van der Waals surface area contributed by atoms with E-state index in [-0.39, 0.29) is 5.82 Å². The highest BCUT2D eigenvalue weighted by molar-refractivity contribution is 5.46. The monoisotopic (exact) mass is 278 g/mol. The average Bonchev–Trinajstić information content (AvgIpc) is 2.48. The third-order valence-corrected chi connectivity index (χ3v) is 4.42. The van der Waals surface area contributed by atoms with Gasteiger partial charge < -0.3 is 10.2 Å². The second-order valence-corrected chi connectivity index (χ2v) is 5.89. The molecule has 2 nitrogen and oxygen atoms in total. The third-order valence-electron chi connectivity index (χ3n) is 4.42. The number of nitrogens with one attached hydrogen (secondary N) is 1. The standard InChI is InChI=1S/C17H27FN2/c1-3-19-16(14-9-5-4-6-10-14)13-20(2)17-12-8-7-11-15(17)18/h7-8,11-12,14,16,19H,3-6,9-10,13H2,1-2H3. The van der Waals surface area contributed by atoms with E-state index in [9.17, 15) is 4.39 Å². The van der Waals surface area contributed by atoms with Crippen molar-refractivity contribution < 1.29 is 4.39 Å². The third kappa shape index (κ3) is 3.95. The fraction of sp³-hybridized carbons (Fsp3) is 0.647. The Kier molecular flexibility index (Phi) is 5.84. The van der Waals surface area contributed by atoms with Crippen molar-refractivity contribution in [2.24, 2.45) is 5.92 Å². The van der Waals surface area contributed by atoms with E-state index < -0.39 is 0 Å². The van der Waals surface area contributed by atoms with Crippen molar-refractivity contribution in [2.45, 2.75) is 45.1 Å². The Bertz CT molecular complexity index is 402. The minimum atomic E-state index is -0.131. The molecule has 0 saturated heterocycles. The first kappa shape index (κ1) is 15.3. The number of anilines is 1. The van der Waals surface area contributed by atoms with E-state index in [0.29, 0.717) is 11.7 Å². The topological polar surface area (TPSA) is 15.3 Å². The van der Waals surface area contributed by atoms with Gasteiger partial charge in [0.25, 0.3) is 0 Å². The zero-order valence-electron chi connectivity index (χ0n) is 12.7. The predicted octanol–water partition coefficient (Wildman–Crippen LogP) is 3.82. The van der Waals surface area contributed by atoms with Crippen LogP contribution in [0.1, 0.15) is 39.0 Å². The molecule has 1 aromatic carbocycles. The molecule has 0 aliphatic heterocycles. The Morgan fingerprint density at radius 3 is 2.60 bits per heavy atom. The van der Waals surface area contributed by atoms with Crippen molar-refractivity contribution in [3.05, 3.63) is 30.1 Å². The maximum Gasteiger partial charge on any atom is 0.146 e. The van der Waals surface area contributed by atoms with Crippen LogP contribution in [-0.4, -0.2) is 26.2 Å². The normalized spacial score (nSPS) is 17.9. The molecule has 1 unspecified atom stereocenters. The van der Waals surface area contributed by atoms with E-state index in [1.165, 1.54) is 38.2 Å². The summed E-state index contributed by atoms with van der Waals surface area (Å²) in [5.74, 6) is 0.604. The molecule has 0 heterocycles. The highest BCUT2D eigenvalue weighted by atomic mass is 19.1. The minimum Gasteiger partial charge on any atom is -0.371 e. The van der Waals surface area contributed by atoms with E-state index in [4.69, 9.17) is 0 Å². The molecule has 0 amide bonds. The van der Waals surface area contributed by atoms with Gasteiger partial charge in [0.2, 0.25) is 0 Å². The molecular weight excluding hydrogens is 251 g/mol. The molecule has 0 radical (unpaired) electrons. The van der Waals surface area contributed by atoms with E-state index in [2.05, 4.69) is 17.1 Å². The van der Waals surface area contributed by atoms with Gasteiger partial charge in [-0.05, 0) is 37.4 Å². The van der Waals surface area contributed by atoms with Crippen LogP contribution in [0.2, 0.25) is 0 Å². The second kappa shape index (κ2) is 7.63. The first-order chi connectivity index (χ1) is 9.72. The average molecular weight is 278 g/mol. The summed E-state index contributed by atoms with van der Waals surface area (Å²) >= 11 is 0. The lowest BCUT2D eigenvalue weighted by atomic mass is 9.83. The van der Waals surface area contributed by atoms with Crippen LogP contribution in [0, 0.1) is 11.7 Å². The smallest absolute Gasteiger partial charge is 0.146 e. The number of benzene rings is 1. The summed E-state index contributed by atoms with van der Waals surface area (Å²) < 4.78 is 13.9. The van der Waals surface area contributed by atoms with E-state index in [1.807, 2.05) is 19.2 Å². The Morgan fingerprint density at radius 1 is 1.25 bits per heavy atom. The van der Waals surface area contributed by atoms with Crippen molar-refractivity contribution in [3.8, 4) is 0 Å². The molecule has 0 aromatic heterocycles. The Hall–Kier alpha value is -1.09. The SMILES string of the molecule is CCNC(CN(C)c1ccccc1F)C1CCCCC1. The molecule has 20 heavy (non-hydrogen) atoms. The van der Waals surface area contributed by atoms with Gasteiger partial charge in [0.05, 0.1) is 5.69 Å². The largest absolute Gasteiger partial charge is 0.371 e. The quantitative estimate of drug-likeness (QED) is 0.851. The van der Waals surface area contributed by atoms with Crippen LogP contribution in [0.3, 0.4) is 0 Å². The highest BCUT2D eigenvalue weighted by Gasteiger charge is 2.24. The van der Waals surface area contributed by atoms with Gasteiger partial charge in [-0.25, -0.2) is 4.39 Å². The molecule has 1 fully saturated rings. The van der Waals surface area contributed by atoms with Crippen molar-refractivity contribution in [3.63, 3.8) is 0 Å². The van der Waals surface area contributed by atoms with Gasteiger partial charge in [-0.1, -0.05) is 38.3 Å². The summed E-state index contributed by atoms with van der Waals surface area (Å²) in [6, 6.07) is 7.51. The Balaban J connectivity index is 2.01. The van der Waals surface area contributed by atoms with E-state index >= 15 is 0 Å². The van der Waals surface area contributed by atoms with Gasteiger partial charge in [-0.3, -0.25) is 0 Å². The summed E-state index contributed by atoms with van der Waals surface area (Å²) in [4.78, 5) is 2.05. The summed E-state index contributed by atoms with van der Waals surface area (Å²) in [5, 5.41) is 3.61. The molecule has 112 valence electrons. The van der Waals surface area contributed by atoms with Crippen LogP contribution in [0.4, 0.5) is 10.1 Å². The second-order valence-electron chi connectivity index (χ2n) is 5.89. The zero-order valence-corrected chi connectivity index (χ0v) is 12.7. The van der Waals surface area contributed by atoms with Crippen molar-refractivity contribution in [1.29, 1.82) is 0 Å². The lowest BCUT2D eigenvalue weighted by molar-refractivity contribution is 0.273. The number of halogens is 1. The van der Waals surface area contributed by atoms with Gasteiger partial charge in [0, 0.05) is 19.6 Å². The lowest BCUT2D eigenvalue weighted by Gasteiger charge is -2.34. The lowest BCUT2D eigenvalue weighted by Crippen LogP contribution is -2.45. The van der Waals surface area contributed by atoms with Crippen LogP contribution in [0.25, 0.3) is 0 Å². The number of hydrogen-bond donors (Lipinski definition) is 1. The van der Waals surface area contributed by atoms with E-state index in [0.717, 1.165) is 19.0 Å². The Labute approximate surface area is 122 Å². The van der Waals surface area contributed by atoms with Crippen LogP contribution in [-0.2, 0) is 0 Å². The molecule has 2 rings (SSSR count). The van der Waals surface area contributed by atoms with Crippen molar-refractivity contribution >= 4 is 5.69 Å². The van der Waals surface area contributed by atoms with Crippen LogP contribution >= 0.6 is 0 Å². The van der Waals surface area contributed by atoms with E-state index in [1.54, 1.807) is 6.07 Å². The fourth-order valence-electron chi connectivity index (χ4n) is 3.33. The molecule has 1 atom stereocenters. The summed E-state index contributed by atoms with van der Waals surface area (Å²) in [6.07, 6.45) is 6.68. The van der Waals surface area contributed by atoms with Gasteiger partial charge in [-0.2, -0.15) is 0 Å². The summed E-state index contributed by atoms with van der Waals surface area (Å²) in [5.41, 5.74) is 0.700. The van der Waals surface area contributed by atoms with Gasteiger partial charge in [0.1, 0.15) is 5.82 Å². The number of para-hydroxylation sites is 1. The maximum atomic E-state index is 13.9. The van der Waals surface area contributed by atoms with Gasteiger partial charge in [-0.15, -0.1) is 0 Å². The Morgan fingerprint density at radius 2 is 1.95 bits per heavy atom. The predicted molar refractivity (Wildman–Crippen MR) is 83.7 cm³/mol. The molecule has 1 aliphatic rings. The number of rotatable bonds is 6. The molecule has 1 aliphatic carbocycles. The summed E-state index contributed by atoms with van der Waals surface area (Å²) in [6.45, 7) is 4.00.